The van der Waals surface area contributed by atoms with E-state index in [1.165, 1.54) is 30.3 Å². The summed E-state index contributed by atoms with van der Waals surface area (Å²) in [7, 11) is 0. The first-order valence-electron chi connectivity index (χ1n) is 6.99. The molecule has 24 heavy (non-hydrogen) atoms. The zero-order valence-electron chi connectivity index (χ0n) is 12.7. The number of anilines is 1. The van der Waals surface area contributed by atoms with Gasteiger partial charge in [-0.2, -0.15) is 0 Å². The van der Waals surface area contributed by atoms with Gasteiger partial charge in [0.25, 0.3) is 5.91 Å². The molecule has 2 N–H and O–H groups in total. The Morgan fingerprint density at radius 2 is 1.96 bits per heavy atom. The van der Waals surface area contributed by atoms with Crippen molar-refractivity contribution in [1.29, 1.82) is 0 Å². The Hall–Kier alpha value is -3.42. The summed E-state index contributed by atoms with van der Waals surface area (Å²) < 4.78 is 4.87. The van der Waals surface area contributed by atoms with Crippen molar-refractivity contribution in [3.8, 4) is 5.75 Å². The number of para-hydroxylation sites is 1. The number of phenols is 1. The van der Waals surface area contributed by atoms with Crippen LogP contribution in [0.4, 0.5) is 11.4 Å². The van der Waals surface area contributed by atoms with Crippen LogP contribution in [0.25, 0.3) is 0 Å². The Labute approximate surface area is 136 Å². The smallest absolute Gasteiger partial charge is 0.338 e. The summed E-state index contributed by atoms with van der Waals surface area (Å²) in [4.78, 5) is 33.9. The number of rotatable bonds is 5. The van der Waals surface area contributed by atoms with E-state index in [0.29, 0.717) is 0 Å². The number of nitrogens with zero attached hydrogens (tertiary/aromatic N) is 1. The molecule has 1 amide bonds. The van der Waals surface area contributed by atoms with Gasteiger partial charge in [0.2, 0.25) is 5.75 Å². The largest absolute Gasteiger partial charge is 0.502 e. The van der Waals surface area contributed by atoms with Gasteiger partial charge in [-0.15, -0.1) is 0 Å². The fourth-order valence-electron chi connectivity index (χ4n) is 2.00. The van der Waals surface area contributed by atoms with Crippen LogP contribution in [0.1, 0.15) is 27.6 Å². The average Bonchev–Trinajstić information content (AvgIpc) is 2.55. The Morgan fingerprint density at radius 1 is 1.25 bits per heavy atom. The summed E-state index contributed by atoms with van der Waals surface area (Å²) in [6, 6.07) is 9.66. The van der Waals surface area contributed by atoms with Crippen molar-refractivity contribution in [1.82, 2.24) is 0 Å². The predicted molar refractivity (Wildman–Crippen MR) is 85.1 cm³/mol. The Balaban J connectivity index is 2.25. The highest BCUT2D eigenvalue weighted by Crippen LogP contribution is 2.29. The molecule has 0 radical (unpaired) electrons. The summed E-state index contributed by atoms with van der Waals surface area (Å²) in [5.41, 5.74) is -0.275. The maximum Gasteiger partial charge on any atom is 0.338 e. The van der Waals surface area contributed by atoms with Crippen molar-refractivity contribution >= 4 is 23.3 Å². The Bertz CT molecular complexity index is 803. The number of ether oxygens (including phenoxy) is 1. The van der Waals surface area contributed by atoms with Crippen LogP contribution < -0.4 is 5.32 Å². The highest BCUT2D eigenvalue weighted by atomic mass is 16.6. The van der Waals surface area contributed by atoms with Crippen LogP contribution in [0.3, 0.4) is 0 Å². The first kappa shape index (κ1) is 16.9. The molecule has 0 atom stereocenters. The predicted octanol–water partition coefficient (Wildman–Crippen LogP) is 2.73. The molecule has 0 saturated carbocycles. The molecule has 0 aliphatic heterocycles. The second kappa shape index (κ2) is 7.23. The first-order chi connectivity index (χ1) is 11.4. The third-order valence-electron chi connectivity index (χ3n) is 3.09. The lowest BCUT2D eigenvalue weighted by Gasteiger charge is -2.08. The number of hydrogen-bond donors (Lipinski definition) is 2. The van der Waals surface area contributed by atoms with Gasteiger partial charge in [-0.1, -0.05) is 12.1 Å². The average molecular weight is 330 g/mol. The lowest BCUT2D eigenvalue weighted by atomic mass is 10.1. The number of nitro groups is 1. The molecule has 0 unspecified atom stereocenters. The van der Waals surface area contributed by atoms with Gasteiger partial charge in [0.05, 0.1) is 22.7 Å². The van der Waals surface area contributed by atoms with Gasteiger partial charge in [-0.05, 0) is 31.2 Å². The summed E-state index contributed by atoms with van der Waals surface area (Å²) >= 11 is 0. The van der Waals surface area contributed by atoms with E-state index in [2.05, 4.69) is 5.32 Å². The standard InChI is InChI=1S/C16H14N2O6/c1-2-24-16(21)10-5-3-6-11(9-10)17-15(20)12-7-4-8-13(14(12)19)18(22)23/h3-9,19H,2H2,1H3,(H,17,20). The maximum atomic E-state index is 12.2. The van der Waals surface area contributed by atoms with Crippen LogP contribution >= 0.6 is 0 Å². The van der Waals surface area contributed by atoms with Crippen LogP contribution in [0.2, 0.25) is 0 Å². The zero-order valence-corrected chi connectivity index (χ0v) is 12.7. The van der Waals surface area contributed by atoms with E-state index in [4.69, 9.17) is 4.74 Å². The summed E-state index contributed by atoms with van der Waals surface area (Å²) in [5, 5.41) is 23.1. The second-order valence-corrected chi connectivity index (χ2v) is 4.69. The van der Waals surface area contributed by atoms with E-state index in [1.807, 2.05) is 0 Å². The van der Waals surface area contributed by atoms with Crippen molar-refractivity contribution in [3.63, 3.8) is 0 Å². The third kappa shape index (κ3) is 3.67. The molecule has 2 rings (SSSR count). The van der Waals surface area contributed by atoms with Gasteiger partial charge in [0.15, 0.2) is 0 Å². The molecule has 0 spiro atoms. The van der Waals surface area contributed by atoms with Gasteiger partial charge in [-0.25, -0.2) is 4.79 Å². The highest BCUT2D eigenvalue weighted by Gasteiger charge is 2.21. The van der Waals surface area contributed by atoms with E-state index < -0.39 is 28.2 Å². The molecule has 0 fully saturated rings. The van der Waals surface area contributed by atoms with Crippen LogP contribution in [-0.2, 0) is 4.74 Å². The number of aromatic hydroxyl groups is 1. The fourth-order valence-corrected chi connectivity index (χ4v) is 2.00. The Morgan fingerprint density at radius 3 is 2.62 bits per heavy atom. The van der Waals surface area contributed by atoms with Crippen molar-refractivity contribution in [3.05, 3.63) is 63.7 Å². The summed E-state index contributed by atoms with van der Waals surface area (Å²) in [5.74, 6) is -1.99. The number of nitrogens with one attached hydrogen (secondary N) is 1. The Kier molecular flexibility index (Phi) is 5.10. The molecule has 0 saturated heterocycles. The minimum atomic E-state index is -0.784. The molecule has 0 heterocycles. The van der Waals surface area contributed by atoms with Crippen LogP contribution in [0.15, 0.2) is 42.5 Å². The molecule has 8 heteroatoms. The number of carbonyl (C=O) groups excluding carboxylic acids is 2. The summed E-state index contributed by atoms with van der Waals surface area (Å²) in [6.07, 6.45) is 0. The zero-order chi connectivity index (χ0) is 17.7. The minimum Gasteiger partial charge on any atom is -0.502 e. The van der Waals surface area contributed by atoms with Crippen molar-refractivity contribution < 1.29 is 24.4 Å². The van der Waals surface area contributed by atoms with E-state index in [0.717, 1.165) is 6.07 Å². The molecule has 0 bridgehead atoms. The first-order valence-corrected chi connectivity index (χ1v) is 6.99. The van der Waals surface area contributed by atoms with Crippen LogP contribution in [0, 0.1) is 10.1 Å². The monoisotopic (exact) mass is 330 g/mol. The molecule has 2 aromatic carbocycles. The number of esters is 1. The number of amides is 1. The van der Waals surface area contributed by atoms with Crippen molar-refractivity contribution in [2.75, 3.05) is 11.9 Å². The minimum absolute atomic E-state index is 0.219. The van der Waals surface area contributed by atoms with E-state index in [1.54, 1.807) is 13.0 Å². The quantitative estimate of drug-likeness (QED) is 0.494. The lowest BCUT2D eigenvalue weighted by molar-refractivity contribution is -0.385. The molecular weight excluding hydrogens is 316 g/mol. The fraction of sp³-hybridized carbons (Fsp3) is 0.125. The molecule has 0 aliphatic carbocycles. The third-order valence-corrected chi connectivity index (χ3v) is 3.09. The van der Waals surface area contributed by atoms with Crippen LogP contribution in [-0.4, -0.2) is 28.5 Å². The summed E-state index contributed by atoms with van der Waals surface area (Å²) in [6.45, 7) is 1.89. The molecular formula is C16H14N2O6. The normalized spacial score (nSPS) is 10.0. The highest BCUT2D eigenvalue weighted by molar-refractivity contribution is 6.07. The van der Waals surface area contributed by atoms with Crippen molar-refractivity contribution in [2.24, 2.45) is 0 Å². The number of benzene rings is 2. The van der Waals surface area contributed by atoms with Gasteiger partial charge in [0.1, 0.15) is 0 Å². The number of phenolic OH excluding ortho intramolecular Hbond substituents is 1. The maximum absolute atomic E-state index is 12.2. The van der Waals surface area contributed by atoms with E-state index in [-0.39, 0.29) is 23.4 Å². The lowest BCUT2D eigenvalue weighted by Crippen LogP contribution is -2.13. The molecule has 0 aliphatic rings. The van der Waals surface area contributed by atoms with Gasteiger partial charge < -0.3 is 15.2 Å². The van der Waals surface area contributed by atoms with Gasteiger partial charge in [0, 0.05) is 11.8 Å². The topological polar surface area (TPSA) is 119 Å². The molecule has 2 aromatic rings. The van der Waals surface area contributed by atoms with E-state index >= 15 is 0 Å². The molecule has 8 nitrogen and oxygen atoms in total. The van der Waals surface area contributed by atoms with Gasteiger partial charge >= 0.3 is 11.7 Å². The van der Waals surface area contributed by atoms with E-state index in [9.17, 15) is 24.8 Å². The molecule has 124 valence electrons. The molecule has 0 aromatic heterocycles. The van der Waals surface area contributed by atoms with Crippen LogP contribution in [0.5, 0.6) is 5.75 Å². The van der Waals surface area contributed by atoms with Crippen molar-refractivity contribution in [2.45, 2.75) is 6.92 Å². The number of hydrogen-bond acceptors (Lipinski definition) is 6. The number of carbonyl (C=O) groups is 2. The number of nitro benzene ring substituents is 1. The SMILES string of the molecule is CCOC(=O)c1cccc(NC(=O)c2cccc([N+](=O)[O-])c2O)c1. The van der Waals surface area contributed by atoms with Gasteiger partial charge in [-0.3, -0.25) is 14.9 Å². The second-order valence-electron chi connectivity index (χ2n) is 4.69.